The van der Waals surface area contributed by atoms with Crippen molar-refractivity contribution >= 4 is 16.7 Å². The number of aromatic nitrogens is 2. The molecule has 0 bridgehead atoms. The van der Waals surface area contributed by atoms with Gasteiger partial charge in [-0.25, -0.2) is 8.78 Å². The Morgan fingerprint density at radius 3 is 2.52 bits per heavy atom. The highest BCUT2D eigenvalue weighted by molar-refractivity contribution is 5.99. The van der Waals surface area contributed by atoms with Crippen LogP contribution in [0.1, 0.15) is 16.1 Å². The molecule has 0 atom stereocenters. The molecule has 0 aliphatic heterocycles. The quantitative estimate of drug-likeness (QED) is 0.693. The molecule has 3 nitrogen and oxygen atoms in total. The molecule has 0 saturated heterocycles. The third-order valence-corrected chi connectivity index (χ3v) is 3.35. The molecule has 0 unspecified atom stereocenters. The van der Waals surface area contributed by atoms with Crippen LogP contribution >= 0.6 is 0 Å². The van der Waals surface area contributed by atoms with Gasteiger partial charge in [0.2, 0.25) is 0 Å². The Balaban J connectivity index is 1.96. The van der Waals surface area contributed by atoms with E-state index in [2.05, 4.69) is 5.10 Å². The van der Waals surface area contributed by atoms with Gasteiger partial charge < -0.3 is 0 Å². The van der Waals surface area contributed by atoms with Crippen LogP contribution < -0.4 is 0 Å². The first kappa shape index (κ1) is 13.4. The predicted molar refractivity (Wildman–Crippen MR) is 75.1 cm³/mol. The van der Waals surface area contributed by atoms with Gasteiger partial charge in [-0.05, 0) is 18.2 Å². The molecule has 0 amide bonds. The zero-order valence-electron chi connectivity index (χ0n) is 11.3. The van der Waals surface area contributed by atoms with E-state index in [0.29, 0.717) is 5.69 Å². The lowest BCUT2D eigenvalue weighted by Crippen LogP contribution is -2.06. The number of Topliss-reactive ketones (excluding diaryl/α,β-unsaturated/α-hetero) is 1. The van der Waals surface area contributed by atoms with Crippen LogP contribution in [0.25, 0.3) is 10.9 Å². The summed E-state index contributed by atoms with van der Waals surface area (Å²) in [5, 5.41) is 5.17. The Hall–Kier alpha value is -2.56. The van der Waals surface area contributed by atoms with Crippen LogP contribution in [0.4, 0.5) is 8.78 Å². The third-order valence-electron chi connectivity index (χ3n) is 3.35. The summed E-state index contributed by atoms with van der Waals surface area (Å²) in [6.45, 7) is 0. The standard InChI is InChI=1S/C16H12F2N2O/c1-20-15-5-3-2-4-13(15)14(19-20)9-16(21)10-6-11(17)8-12(18)7-10/h2-8H,9H2,1H3. The predicted octanol–water partition coefficient (Wildman–Crippen LogP) is 3.28. The minimum atomic E-state index is -0.760. The van der Waals surface area contributed by atoms with Crippen molar-refractivity contribution in [1.82, 2.24) is 9.78 Å². The minimum absolute atomic E-state index is 0.00421. The third kappa shape index (κ3) is 2.54. The van der Waals surface area contributed by atoms with E-state index >= 15 is 0 Å². The zero-order valence-corrected chi connectivity index (χ0v) is 11.3. The van der Waals surface area contributed by atoms with E-state index < -0.39 is 11.6 Å². The first-order chi connectivity index (χ1) is 10.0. The molecule has 0 spiro atoms. The van der Waals surface area contributed by atoms with Crippen molar-refractivity contribution in [3.63, 3.8) is 0 Å². The van der Waals surface area contributed by atoms with Gasteiger partial charge in [-0.15, -0.1) is 0 Å². The van der Waals surface area contributed by atoms with Crippen molar-refractivity contribution < 1.29 is 13.6 Å². The molecule has 2 aromatic carbocycles. The molecule has 21 heavy (non-hydrogen) atoms. The number of para-hydroxylation sites is 1. The summed E-state index contributed by atoms with van der Waals surface area (Å²) in [4.78, 5) is 12.2. The second-order valence-corrected chi connectivity index (χ2v) is 4.85. The van der Waals surface area contributed by atoms with Gasteiger partial charge in [0.15, 0.2) is 5.78 Å². The smallest absolute Gasteiger partial charge is 0.169 e. The lowest BCUT2D eigenvalue weighted by Gasteiger charge is -2.00. The van der Waals surface area contributed by atoms with Crippen molar-refractivity contribution in [1.29, 1.82) is 0 Å². The van der Waals surface area contributed by atoms with Crippen LogP contribution in [0, 0.1) is 11.6 Å². The highest BCUT2D eigenvalue weighted by Gasteiger charge is 2.15. The topological polar surface area (TPSA) is 34.9 Å². The van der Waals surface area contributed by atoms with Gasteiger partial charge >= 0.3 is 0 Å². The molecular weight excluding hydrogens is 274 g/mol. The van der Waals surface area contributed by atoms with Gasteiger partial charge in [0.05, 0.1) is 17.6 Å². The molecule has 5 heteroatoms. The minimum Gasteiger partial charge on any atom is -0.294 e. The largest absolute Gasteiger partial charge is 0.294 e. The molecule has 0 radical (unpaired) electrons. The van der Waals surface area contributed by atoms with E-state index in [1.807, 2.05) is 24.3 Å². The number of aryl methyl sites for hydroxylation is 1. The van der Waals surface area contributed by atoms with E-state index in [1.165, 1.54) is 0 Å². The first-order valence-corrected chi connectivity index (χ1v) is 6.44. The fourth-order valence-corrected chi connectivity index (χ4v) is 2.39. The summed E-state index contributed by atoms with van der Waals surface area (Å²) in [6, 6.07) is 10.3. The Morgan fingerprint density at radius 2 is 1.81 bits per heavy atom. The Morgan fingerprint density at radius 1 is 1.14 bits per heavy atom. The molecule has 1 aromatic heterocycles. The summed E-state index contributed by atoms with van der Waals surface area (Å²) < 4.78 is 28.0. The van der Waals surface area contributed by atoms with Gasteiger partial charge in [0, 0.05) is 24.1 Å². The van der Waals surface area contributed by atoms with Crippen molar-refractivity contribution in [2.75, 3.05) is 0 Å². The van der Waals surface area contributed by atoms with Gasteiger partial charge in [0.1, 0.15) is 11.6 Å². The first-order valence-electron chi connectivity index (χ1n) is 6.44. The fraction of sp³-hybridized carbons (Fsp3) is 0.125. The molecule has 0 fully saturated rings. The monoisotopic (exact) mass is 286 g/mol. The lowest BCUT2D eigenvalue weighted by atomic mass is 10.0. The normalized spacial score (nSPS) is 11.0. The lowest BCUT2D eigenvalue weighted by molar-refractivity contribution is 0.0991. The summed E-state index contributed by atoms with van der Waals surface area (Å²) in [7, 11) is 1.79. The average molecular weight is 286 g/mol. The maximum absolute atomic E-state index is 13.2. The number of hydrogen-bond acceptors (Lipinski definition) is 2. The fourth-order valence-electron chi connectivity index (χ4n) is 2.39. The molecule has 0 aliphatic rings. The average Bonchev–Trinajstić information content (AvgIpc) is 2.75. The maximum atomic E-state index is 13.2. The molecule has 0 N–H and O–H groups in total. The van der Waals surface area contributed by atoms with Crippen LogP contribution in [-0.2, 0) is 13.5 Å². The van der Waals surface area contributed by atoms with Gasteiger partial charge in [0.25, 0.3) is 0 Å². The highest BCUT2D eigenvalue weighted by atomic mass is 19.1. The number of fused-ring (bicyclic) bond motifs is 1. The highest BCUT2D eigenvalue weighted by Crippen LogP contribution is 2.19. The summed E-state index contributed by atoms with van der Waals surface area (Å²) in [5.41, 5.74) is 1.52. The van der Waals surface area contributed by atoms with E-state index in [-0.39, 0.29) is 17.8 Å². The second-order valence-electron chi connectivity index (χ2n) is 4.85. The molecule has 1 heterocycles. The Bertz CT molecular complexity index is 819. The Kier molecular flexibility index (Phi) is 3.25. The van der Waals surface area contributed by atoms with Crippen LogP contribution in [-0.4, -0.2) is 15.6 Å². The SMILES string of the molecule is Cn1nc(CC(=O)c2cc(F)cc(F)c2)c2ccccc21. The summed E-state index contributed by atoms with van der Waals surface area (Å²) in [5.74, 6) is -1.88. The summed E-state index contributed by atoms with van der Waals surface area (Å²) >= 11 is 0. The van der Waals surface area contributed by atoms with Crippen molar-refractivity contribution in [2.24, 2.45) is 7.05 Å². The number of ketones is 1. The van der Waals surface area contributed by atoms with E-state index in [1.54, 1.807) is 11.7 Å². The second kappa shape index (κ2) is 5.09. The van der Waals surface area contributed by atoms with Crippen LogP contribution in [0.5, 0.6) is 0 Å². The molecule has 106 valence electrons. The van der Waals surface area contributed by atoms with Gasteiger partial charge in [-0.1, -0.05) is 18.2 Å². The number of halogens is 2. The number of rotatable bonds is 3. The molecular formula is C16H12F2N2O. The number of nitrogens with zero attached hydrogens (tertiary/aromatic N) is 2. The van der Waals surface area contributed by atoms with Crippen molar-refractivity contribution in [3.05, 3.63) is 65.4 Å². The zero-order chi connectivity index (χ0) is 15.0. The molecule has 0 aliphatic carbocycles. The Labute approximate surface area is 119 Å². The number of carbonyl (C=O) groups excluding carboxylic acids is 1. The molecule has 3 aromatic rings. The van der Waals surface area contributed by atoms with E-state index in [0.717, 1.165) is 29.1 Å². The number of carbonyl (C=O) groups is 1. The van der Waals surface area contributed by atoms with Crippen molar-refractivity contribution in [2.45, 2.75) is 6.42 Å². The van der Waals surface area contributed by atoms with E-state index in [9.17, 15) is 13.6 Å². The van der Waals surface area contributed by atoms with E-state index in [4.69, 9.17) is 0 Å². The van der Waals surface area contributed by atoms with Gasteiger partial charge in [-0.2, -0.15) is 5.10 Å². The maximum Gasteiger partial charge on any atom is 0.169 e. The molecule has 3 rings (SSSR count). The van der Waals surface area contributed by atoms with Crippen LogP contribution in [0.2, 0.25) is 0 Å². The van der Waals surface area contributed by atoms with Crippen LogP contribution in [0.15, 0.2) is 42.5 Å². The van der Waals surface area contributed by atoms with Crippen molar-refractivity contribution in [3.8, 4) is 0 Å². The van der Waals surface area contributed by atoms with Crippen LogP contribution in [0.3, 0.4) is 0 Å². The summed E-state index contributed by atoms with van der Waals surface area (Å²) in [6.07, 6.45) is 0.00421. The van der Waals surface area contributed by atoms with Gasteiger partial charge in [-0.3, -0.25) is 9.48 Å². The molecule has 0 saturated carbocycles. The number of hydrogen-bond donors (Lipinski definition) is 0. The number of benzene rings is 2.